The lowest BCUT2D eigenvalue weighted by atomic mass is 10.3. The Morgan fingerprint density at radius 2 is 2.46 bits per heavy atom. The van der Waals surface area contributed by atoms with E-state index < -0.39 is 5.91 Å². The first kappa shape index (κ1) is 8.00. The fraction of sp³-hybridized carbons (Fsp3) is 0. The van der Waals surface area contributed by atoms with Gasteiger partial charge < -0.3 is 10.3 Å². The summed E-state index contributed by atoms with van der Waals surface area (Å²) in [5.74, 6) is -0.00430. The second-order valence-electron chi connectivity index (χ2n) is 2.42. The quantitative estimate of drug-likeness (QED) is 0.787. The van der Waals surface area contributed by atoms with Crippen molar-refractivity contribution < 1.29 is 9.32 Å². The van der Waals surface area contributed by atoms with Gasteiger partial charge in [-0.3, -0.25) is 4.79 Å². The third-order valence-electron chi connectivity index (χ3n) is 1.53. The summed E-state index contributed by atoms with van der Waals surface area (Å²) in [5.41, 5.74) is 5.18. The molecule has 2 rings (SSSR count). The number of hydrogen-bond donors (Lipinski definition) is 1. The SMILES string of the molecule is NC(=O)c1cc(-c2cccs2)on1. The minimum Gasteiger partial charge on any atom is -0.364 e. The van der Waals surface area contributed by atoms with Crippen molar-refractivity contribution in [2.75, 3.05) is 0 Å². The lowest BCUT2D eigenvalue weighted by Gasteiger charge is -1.83. The van der Waals surface area contributed by atoms with Gasteiger partial charge in [-0.05, 0) is 11.4 Å². The fourth-order valence-electron chi connectivity index (χ4n) is 0.926. The maximum Gasteiger partial charge on any atom is 0.270 e. The van der Waals surface area contributed by atoms with Gasteiger partial charge in [-0.25, -0.2) is 0 Å². The van der Waals surface area contributed by atoms with Crippen LogP contribution >= 0.6 is 11.3 Å². The van der Waals surface area contributed by atoms with E-state index >= 15 is 0 Å². The molecule has 0 saturated carbocycles. The number of aromatic nitrogens is 1. The van der Waals surface area contributed by atoms with Crippen molar-refractivity contribution in [3.05, 3.63) is 29.3 Å². The Morgan fingerprint density at radius 3 is 3.00 bits per heavy atom. The van der Waals surface area contributed by atoms with Crippen molar-refractivity contribution in [3.63, 3.8) is 0 Å². The molecule has 66 valence electrons. The number of primary amides is 1. The van der Waals surface area contributed by atoms with Crippen molar-refractivity contribution in [2.24, 2.45) is 5.73 Å². The largest absolute Gasteiger partial charge is 0.364 e. The van der Waals surface area contributed by atoms with Crippen molar-refractivity contribution >= 4 is 17.2 Å². The predicted molar refractivity (Wildman–Crippen MR) is 48.3 cm³/mol. The highest BCUT2D eigenvalue weighted by Gasteiger charge is 2.10. The lowest BCUT2D eigenvalue weighted by molar-refractivity contribution is 0.0992. The predicted octanol–water partition coefficient (Wildman–Crippen LogP) is 1.50. The molecule has 13 heavy (non-hydrogen) atoms. The average Bonchev–Trinajstić information content (AvgIpc) is 2.75. The Labute approximate surface area is 78.0 Å². The molecule has 0 saturated heterocycles. The number of thiophene rings is 1. The maximum absolute atomic E-state index is 10.7. The topological polar surface area (TPSA) is 69.1 Å². The molecule has 2 N–H and O–H groups in total. The minimum atomic E-state index is -0.577. The first-order valence-electron chi connectivity index (χ1n) is 3.58. The first-order valence-corrected chi connectivity index (χ1v) is 4.46. The van der Waals surface area contributed by atoms with Gasteiger partial charge in [0.25, 0.3) is 5.91 Å². The second-order valence-corrected chi connectivity index (χ2v) is 3.37. The van der Waals surface area contributed by atoms with E-state index in [2.05, 4.69) is 5.16 Å². The molecule has 2 aromatic rings. The number of carbonyl (C=O) groups is 1. The number of rotatable bonds is 2. The van der Waals surface area contributed by atoms with E-state index in [-0.39, 0.29) is 5.69 Å². The number of nitrogens with zero attached hydrogens (tertiary/aromatic N) is 1. The summed E-state index contributed by atoms with van der Waals surface area (Å²) < 4.78 is 4.93. The van der Waals surface area contributed by atoms with Gasteiger partial charge in [0, 0.05) is 6.07 Å². The van der Waals surface area contributed by atoms with Crippen molar-refractivity contribution in [1.29, 1.82) is 0 Å². The molecule has 0 atom stereocenters. The fourth-order valence-corrected chi connectivity index (χ4v) is 1.60. The van der Waals surface area contributed by atoms with Gasteiger partial charge in [0.15, 0.2) is 11.5 Å². The number of carbonyl (C=O) groups excluding carboxylic acids is 1. The van der Waals surface area contributed by atoms with Gasteiger partial charge in [-0.1, -0.05) is 11.2 Å². The third-order valence-corrected chi connectivity index (χ3v) is 2.41. The molecule has 0 aliphatic heterocycles. The molecule has 0 aliphatic rings. The summed E-state index contributed by atoms with van der Waals surface area (Å²) in [6, 6.07) is 5.32. The van der Waals surface area contributed by atoms with Crippen LogP contribution in [0.4, 0.5) is 0 Å². The second kappa shape index (κ2) is 3.02. The molecule has 0 aliphatic carbocycles. The van der Waals surface area contributed by atoms with E-state index in [1.54, 1.807) is 0 Å². The molecule has 0 bridgehead atoms. The van der Waals surface area contributed by atoms with Crippen LogP contribution in [0.2, 0.25) is 0 Å². The van der Waals surface area contributed by atoms with Crippen LogP contribution in [0.5, 0.6) is 0 Å². The number of amides is 1. The number of nitrogens with two attached hydrogens (primary N) is 1. The highest BCUT2D eigenvalue weighted by molar-refractivity contribution is 7.13. The molecule has 0 radical (unpaired) electrons. The molecule has 0 spiro atoms. The normalized spacial score (nSPS) is 10.2. The zero-order valence-corrected chi connectivity index (χ0v) is 7.38. The van der Waals surface area contributed by atoms with Crippen LogP contribution in [0.1, 0.15) is 10.5 Å². The zero-order valence-electron chi connectivity index (χ0n) is 6.56. The Bertz CT molecular complexity index is 419. The van der Waals surface area contributed by atoms with Crippen molar-refractivity contribution in [2.45, 2.75) is 0 Å². The van der Waals surface area contributed by atoms with E-state index in [4.69, 9.17) is 10.3 Å². The van der Waals surface area contributed by atoms with Crippen LogP contribution in [0.15, 0.2) is 28.1 Å². The summed E-state index contributed by atoms with van der Waals surface area (Å²) in [6.45, 7) is 0. The molecule has 2 heterocycles. The van der Waals surface area contributed by atoms with Crippen LogP contribution in [0.25, 0.3) is 10.6 Å². The van der Waals surface area contributed by atoms with E-state index in [0.29, 0.717) is 5.76 Å². The van der Waals surface area contributed by atoms with Crippen LogP contribution in [-0.4, -0.2) is 11.1 Å². The van der Waals surface area contributed by atoms with Crippen molar-refractivity contribution in [1.82, 2.24) is 5.16 Å². The Kier molecular flexibility index (Phi) is 1.86. The van der Waals surface area contributed by atoms with Crippen molar-refractivity contribution in [3.8, 4) is 10.6 Å². The maximum atomic E-state index is 10.7. The molecule has 4 nitrogen and oxygen atoms in total. The van der Waals surface area contributed by atoms with Gasteiger partial charge in [-0.2, -0.15) is 0 Å². The van der Waals surface area contributed by atoms with Crippen LogP contribution in [0.3, 0.4) is 0 Å². The molecule has 1 amide bonds. The van der Waals surface area contributed by atoms with Gasteiger partial charge in [0.2, 0.25) is 0 Å². The summed E-state index contributed by atoms with van der Waals surface area (Å²) in [4.78, 5) is 11.6. The van der Waals surface area contributed by atoms with Gasteiger partial charge >= 0.3 is 0 Å². The molecule has 5 heteroatoms. The summed E-state index contributed by atoms with van der Waals surface area (Å²) >= 11 is 1.52. The summed E-state index contributed by atoms with van der Waals surface area (Å²) in [6.07, 6.45) is 0. The van der Waals surface area contributed by atoms with Crippen LogP contribution in [-0.2, 0) is 0 Å². The van der Waals surface area contributed by atoms with Gasteiger partial charge in [-0.15, -0.1) is 11.3 Å². The van der Waals surface area contributed by atoms with Crippen LogP contribution < -0.4 is 5.73 Å². The molecular weight excluding hydrogens is 188 g/mol. The Hall–Kier alpha value is -1.62. The van der Waals surface area contributed by atoms with Gasteiger partial charge in [0.1, 0.15) is 0 Å². The van der Waals surface area contributed by atoms with E-state index in [0.717, 1.165) is 4.88 Å². The monoisotopic (exact) mass is 194 g/mol. The number of hydrogen-bond acceptors (Lipinski definition) is 4. The zero-order chi connectivity index (χ0) is 9.26. The highest BCUT2D eigenvalue weighted by Crippen LogP contribution is 2.24. The summed E-state index contributed by atoms with van der Waals surface area (Å²) in [5, 5.41) is 5.45. The highest BCUT2D eigenvalue weighted by atomic mass is 32.1. The minimum absolute atomic E-state index is 0.156. The third kappa shape index (κ3) is 1.46. The standard InChI is InChI=1S/C8H6N2O2S/c9-8(11)5-4-6(12-10-5)7-2-1-3-13-7/h1-4H,(H2,9,11). The van der Waals surface area contributed by atoms with Gasteiger partial charge in [0.05, 0.1) is 4.88 Å². The Morgan fingerprint density at radius 1 is 1.62 bits per heavy atom. The Balaban J connectivity index is 2.39. The first-order chi connectivity index (χ1) is 6.27. The van der Waals surface area contributed by atoms with E-state index in [9.17, 15) is 4.79 Å². The van der Waals surface area contributed by atoms with E-state index in [1.165, 1.54) is 17.4 Å². The average molecular weight is 194 g/mol. The van der Waals surface area contributed by atoms with Crippen LogP contribution in [0, 0.1) is 0 Å². The lowest BCUT2D eigenvalue weighted by Crippen LogP contribution is -2.10. The molecular formula is C8H6N2O2S. The molecule has 0 unspecified atom stereocenters. The molecule has 0 fully saturated rings. The smallest absolute Gasteiger partial charge is 0.270 e. The molecule has 2 aromatic heterocycles. The summed E-state index contributed by atoms with van der Waals surface area (Å²) in [7, 11) is 0. The van der Waals surface area contributed by atoms with E-state index in [1.807, 2.05) is 17.5 Å². The molecule has 0 aromatic carbocycles.